The zero-order valence-electron chi connectivity index (χ0n) is 18.7. The van der Waals surface area contributed by atoms with E-state index in [1.54, 1.807) is 0 Å². The molecule has 2 aromatic rings. The Labute approximate surface area is 189 Å². The van der Waals surface area contributed by atoms with Crippen LogP contribution in [0.3, 0.4) is 0 Å². The highest BCUT2D eigenvalue weighted by Gasteiger charge is 2.32. The third-order valence-corrected chi connectivity index (χ3v) is 7.80. The summed E-state index contributed by atoms with van der Waals surface area (Å²) in [4.78, 5) is 10.6. The van der Waals surface area contributed by atoms with Crippen LogP contribution in [-0.4, -0.2) is 51.8 Å². The Morgan fingerprint density at radius 1 is 1.13 bits per heavy atom. The predicted molar refractivity (Wildman–Crippen MR) is 127 cm³/mol. The Hall–Kier alpha value is -2.18. The van der Waals surface area contributed by atoms with E-state index in [1.807, 2.05) is 30.2 Å². The van der Waals surface area contributed by atoms with Gasteiger partial charge in [-0.05, 0) is 77.0 Å². The number of piperidine rings is 1. The highest BCUT2D eigenvalue weighted by Crippen LogP contribution is 2.40. The first-order chi connectivity index (χ1) is 15.0. The molecule has 3 aliphatic heterocycles. The molecule has 0 bridgehead atoms. The Balaban J connectivity index is 1.31. The van der Waals surface area contributed by atoms with Crippen molar-refractivity contribution in [3.05, 3.63) is 60.1 Å². The maximum Gasteiger partial charge on any atom is 0.129 e. The van der Waals surface area contributed by atoms with Gasteiger partial charge in [-0.25, -0.2) is 0 Å². The molecule has 1 saturated heterocycles. The van der Waals surface area contributed by atoms with E-state index in [-0.39, 0.29) is 11.7 Å². The molecule has 1 aromatic heterocycles. The zero-order valence-corrected chi connectivity index (χ0v) is 19.5. The summed E-state index contributed by atoms with van der Waals surface area (Å²) in [5, 5.41) is 4.39. The molecule has 1 unspecified atom stereocenters. The van der Waals surface area contributed by atoms with Gasteiger partial charge in [0.1, 0.15) is 18.5 Å². The van der Waals surface area contributed by atoms with Crippen molar-refractivity contribution in [3.63, 3.8) is 0 Å². The minimum Gasteiger partial charge on any atom is -0.491 e. The van der Waals surface area contributed by atoms with Crippen LogP contribution in [0.5, 0.6) is 5.75 Å². The molecule has 6 heteroatoms. The van der Waals surface area contributed by atoms with E-state index in [9.17, 15) is 0 Å². The lowest BCUT2D eigenvalue weighted by molar-refractivity contribution is 0.113. The monoisotopic (exact) mass is 436 g/mol. The number of fused-ring (bicyclic) bond motifs is 3. The minimum atomic E-state index is 0.107. The van der Waals surface area contributed by atoms with Crippen LogP contribution >= 0.6 is 11.8 Å². The molecule has 4 heterocycles. The quantitative estimate of drug-likeness (QED) is 0.750. The highest BCUT2D eigenvalue weighted by molar-refractivity contribution is 8.00. The number of thioether (sulfide) groups is 1. The van der Waals surface area contributed by atoms with Gasteiger partial charge in [-0.3, -0.25) is 9.88 Å². The van der Waals surface area contributed by atoms with Gasteiger partial charge in [-0.2, -0.15) is 0 Å². The molecule has 1 aromatic carbocycles. The molecular weight excluding hydrogens is 404 g/mol. The highest BCUT2D eigenvalue weighted by atomic mass is 32.2. The summed E-state index contributed by atoms with van der Waals surface area (Å²) in [5.74, 6) is 0.993. The van der Waals surface area contributed by atoms with Crippen molar-refractivity contribution in [1.82, 2.24) is 20.1 Å². The van der Waals surface area contributed by atoms with Crippen LogP contribution in [0.4, 0.5) is 0 Å². The maximum absolute atomic E-state index is 6.08. The van der Waals surface area contributed by atoms with Gasteiger partial charge in [-0.15, -0.1) is 11.8 Å². The van der Waals surface area contributed by atoms with Gasteiger partial charge < -0.3 is 15.0 Å². The van der Waals surface area contributed by atoms with Gasteiger partial charge in [0.25, 0.3) is 0 Å². The Bertz CT molecular complexity index is 948. The van der Waals surface area contributed by atoms with Crippen LogP contribution in [0, 0.1) is 0 Å². The molecule has 0 saturated carbocycles. The summed E-state index contributed by atoms with van der Waals surface area (Å²) >= 11 is 2.03. The third-order valence-electron chi connectivity index (χ3n) is 6.47. The van der Waals surface area contributed by atoms with Crippen molar-refractivity contribution < 1.29 is 4.74 Å². The average Bonchev–Trinajstić information content (AvgIpc) is 3.12. The lowest BCUT2D eigenvalue weighted by atomic mass is 10.0. The fraction of sp³-hybridized carbons (Fsp3) is 0.480. The lowest BCUT2D eigenvalue weighted by Gasteiger charge is -2.40. The largest absolute Gasteiger partial charge is 0.491 e. The molecule has 0 radical (unpaired) electrons. The number of nitrogens with zero attached hydrogens (tertiary/aromatic N) is 3. The van der Waals surface area contributed by atoms with Crippen LogP contribution in [0.1, 0.15) is 50.9 Å². The molecule has 1 fully saturated rings. The number of hydrogen-bond donors (Lipinski definition) is 1. The van der Waals surface area contributed by atoms with E-state index in [0.29, 0.717) is 11.9 Å². The molecular formula is C25H32N4OS. The summed E-state index contributed by atoms with van der Waals surface area (Å²) in [6.45, 7) is 10.9. The molecule has 0 amide bonds. The van der Waals surface area contributed by atoms with Crippen LogP contribution in [0.2, 0.25) is 0 Å². The maximum atomic E-state index is 6.08. The normalized spacial score (nSPS) is 22.1. The van der Waals surface area contributed by atoms with Crippen LogP contribution < -0.4 is 10.1 Å². The molecule has 3 aliphatic rings. The first-order valence-corrected chi connectivity index (χ1v) is 12.2. The molecule has 5 nitrogen and oxygen atoms in total. The van der Waals surface area contributed by atoms with Crippen molar-refractivity contribution >= 4 is 17.5 Å². The third kappa shape index (κ3) is 4.41. The van der Waals surface area contributed by atoms with E-state index in [4.69, 9.17) is 4.74 Å². The van der Waals surface area contributed by atoms with Crippen molar-refractivity contribution in [2.24, 2.45) is 0 Å². The van der Waals surface area contributed by atoms with E-state index in [0.717, 1.165) is 23.6 Å². The molecule has 5 rings (SSSR count). The molecule has 31 heavy (non-hydrogen) atoms. The van der Waals surface area contributed by atoms with Crippen molar-refractivity contribution in [2.75, 3.05) is 26.2 Å². The van der Waals surface area contributed by atoms with E-state index in [1.165, 1.54) is 36.4 Å². The average molecular weight is 437 g/mol. The first-order valence-electron chi connectivity index (χ1n) is 11.3. The van der Waals surface area contributed by atoms with E-state index >= 15 is 0 Å². The topological polar surface area (TPSA) is 40.6 Å². The van der Waals surface area contributed by atoms with E-state index < -0.39 is 0 Å². The smallest absolute Gasteiger partial charge is 0.129 e. The summed E-state index contributed by atoms with van der Waals surface area (Å²) in [6.07, 6.45) is 8.54. The van der Waals surface area contributed by atoms with Gasteiger partial charge in [-0.1, -0.05) is 0 Å². The second-order valence-corrected chi connectivity index (χ2v) is 11.0. The van der Waals surface area contributed by atoms with Crippen molar-refractivity contribution in [3.8, 4) is 5.75 Å². The number of benzene rings is 1. The van der Waals surface area contributed by atoms with Gasteiger partial charge in [0.15, 0.2) is 0 Å². The minimum absolute atomic E-state index is 0.107. The predicted octanol–water partition coefficient (Wildman–Crippen LogP) is 4.73. The van der Waals surface area contributed by atoms with Crippen molar-refractivity contribution in [2.45, 2.75) is 55.5 Å². The SMILES string of the molecule is CC(C)(C)N1CCC(Sc2ccc3c(c2)C2NC(c4cccnc4)=CN2CCO3)CC1. The lowest BCUT2D eigenvalue weighted by Crippen LogP contribution is -2.46. The standard InChI is InChI=1S/C25H32N4OS/c1-25(2,3)29-11-8-19(9-12-29)31-20-6-7-23-21(15-20)24-27-22(17-28(24)13-14-30-23)18-5-4-10-26-16-18/h4-7,10,15-17,19,24,27H,8-9,11-14H2,1-3H3. The molecule has 1 N–H and O–H groups in total. The second kappa shape index (κ2) is 8.40. The Morgan fingerprint density at radius 2 is 1.97 bits per heavy atom. The number of ether oxygens (including phenoxy) is 1. The number of nitrogens with one attached hydrogen (secondary N) is 1. The van der Waals surface area contributed by atoms with Gasteiger partial charge in [0.2, 0.25) is 0 Å². The number of aromatic nitrogens is 1. The summed E-state index contributed by atoms with van der Waals surface area (Å²) in [6, 6.07) is 10.8. The number of pyridine rings is 1. The van der Waals surface area contributed by atoms with Crippen LogP contribution in [0.15, 0.2) is 53.8 Å². The van der Waals surface area contributed by atoms with Gasteiger partial charge >= 0.3 is 0 Å². The number of likely N-dealkylation sites (tertiary alicyclic amines) is 1. The summed E-state index contributed by atoms with van der Waals surface area (Å²) in [5.41, 5.74) is 3.74. The number of hydrogen-bond acceptors (Lipinski definition) is 6. The van der Waals surface area contributed by atoms with Crippen LogP contribution in [0.25, 0.3) is 5.70 Å². The Kier molecular flexibility index (Phi) is 5.61. The molecule has 164 valence electrons. The fourth-order valence-corrected chi connectivity index (χ4v) is 5.85. The summed E-state index contributed by atoms with van der Waals surface area (Å²) in [7, 11) is 0. The fourth-order valence-electron chi connectivity index (χ4n) is 4.68. The molecule has 0 aliphatic carbocycles. The molecule has 1 atom stereocenters. The van der Waals surface area contributed by atoms with Gasteiger partial charge in [0.05, 0.1) is 12.2 Å². The van der Waals surface area contributed by atoms with Crippen LogP contribution in [-0.2, 0) is 0 Å². The second-order valence-electron chi connectivity index (χ2n) is 9.59. The first kappa shape index (κ1) is 20.7. The number of rotatable bonds is 3. The van der Waals surface area contributed by atoms with Crippen molar-refractivity contribution in [1.29, 1.82) is 0 Å². The van der Waals surface area contributed by atoms with Gasteiger partial charge in [0, 0.05) is 45.4 Å². The summed E-state index contributed by atoms with van der Waals surface area (Å²) < 4.78 is 6.08. The Morgan fingerprint density at radius 3 is 2.71 bits per heavy atom. The molecule has 0 spiro atoms. The zero-order chi connectivity index (χ0) is 21.4. The van der Waals surface area contributed by atoms with E-state index in [2.05, 4.69) is 71.3 Å².